The summed E-state index contributed by atoms with van der Waals surface area (Å²) in [7, 11) is 2.17. The molecular formula is C14H28N2O3. The molecule has 0 spiro atoms. The van der Waals surface area contributed by atoms with Crippen molar-refractivity contribution in [2.75, 3.05) is 39.8 Å². The van der Waals surface area contributed by atoms with E-state index in [1.807, 2.05) is 0 Å². The largest absolute Gasteiger partial charge is 0.466 e. The van der Waals surface area contributed by atoms with Gasteiger partial charge in [0.25, 0.3) is 0 Å². The summed E-state index contributed by atoms with van der Waals surface area (Å²) in [4.78, 5) is 13.5. The van der Waals surface area contributed by atoms with Crippen molar-refractivity contribution < 1.29 is 14.6 Å². The van der Waals surface area contributed by atoms with E-state index in [1.165, 1.54) is 25.9 Å². The molecule has 1 fully saturated rings. The molecule has 1 heterocycles. The number of esters is 1. The highest BCUT2D eigenvalue weighted by molar-refractivity contribution is 5.69. The Labute approximate surface area is 116 Å². The van der Waals surface area contributed by atoms with Crippen molar-refractivity contribution in [1.29, 1.82) is 0 Å². The van der Waals surface area contributed by atoms with Crippen LogP contribution in [0, 0.1) is 5.92 Å². The minimum atomic E-state index is -0.642. The second kappa shape index (κ2) is 9.28. The first-order valence-electron chi connectivity index (χ1n) is 7.34. The Hall–Kier alpha value is -0.650. The number of rotatable bonds is 8. The minimum absolute atomic E-state index is 0.0784. The van der Waals surface area contributed by atoms with E-state index < -0.39 is 6.10 Å². The lowest BCUT2D eigenvalue weighted by Crippen LogP contribution is -2.33. The summed E-state index contributed by atoms with van der Waals surface area (Å²) >= 11 is 0. The van der Waals surface area contributed by atoms with E-state index in [4.69, 9.17) is 4.74 Å². The molecule has 1 aliphatic rings. The lowest BCUT2D eigenvalue weighted by Gasteiger charge is -2.29. The second-order valence-electron chi connectivity index (χ2n) is 5.40. The van der Waals surface area contributed by atoms with Gasteiger partial charge in [0, 0.05) is 6.54 Å². The number of piperidine rings is 1. The van der Waals surface area contributed by atoms with Crippen LogP contribution in [0.3, 0.4) is 0 Å². The summed E-state index contributed by atoms with van der Waals surface area (Å²) in [5.41, 5.74) is 0. The highest BCUT2D eigenvalue weighted by Gasteiger charge is 2.16. The maximum atomic E-state index is 11.1. The van der Waals surface area contributed by atoms with Crippen LogP contribution in [0.2, 0.25) is 0 Å². The van der Waals surface area contributed by atoms with Gasteiger partial charge in [0.15, 0.2) is 0 Å². The summed E-state index contributed by atoms with van der Waals surface area (Å²) in [6, 6.07) is 0. The van der Waals surface area contributed by atoms with E-state index in [2.05, 4.69) is 17.3 Å². The fourth-order valence-corrected chi connectivity index (χ4v) is 2.41. The van der Waals surface area contributed by atoms with Gasteiger partial charge in [0.05, 0.1) is 19.1 Å². The standard InChI is InChI=1S/C14H28N2O3/c1-3-19-14(18)10-13(17)11-15-7-4-12-5-8-16(2)9-6-12/h12-13,15,17H,3-11H2,1-2H3. The molecule has 112 valence electrons. The van der Waals surface area contributed by atoms with Crippen LogP contribution in [0.25, 0.3) is 0 Å². The highest BCUT2D eigenvalue weighted by atomic mass is 16.5. The van der Waals surface area contributed by atoms with Crippen molar-refractivity contribution >= 4 is 5.97 Å². The molecule has 1 unspecified atom stereocenters. The molecule has 2 N–H and O–H groups in total. The predicted octanol–water partition coefficient (Wildman–Crippen LogP) is 0.622. The number of likely N-dealkylation sites (tertiary alicyclic amines) is 1. The predicted molar refractivity (Wildman–Crippen MR) is 75.0 cm³/mol. The van der Waals surface area contributed by atoms with Gasteiger partial charge in [-0.2, -0.15) is 0 Å². The molecular weight excluding hydrogens is 244 g/mol. The fourth-order valence-electron chi connectivity index (χ4n) is 2.41. The SMILES string of the molecule is CCOC(=O)CC(O)CNCCC1CCN(C)CC1. The second-order valence-corrected chi connectivity index (χ2v) is 5.40. The van der Waals surface area contributed by atoms with Crippen LogP contribution in [0.4, 0.5) is 0 Å². The number of carbonyl (C=O) groups excluding carboxylic acids is 1. The van der Waals surface area contributed by atoms with Gasteiger partial charge in [0.1, 0.15) is 0 Å². The normalized spacial score (nSPS) is 19.3. The zero-order valence-electron chi connectivity index (χ0n) is 12.2. The third kappa shape index (κ3) is 7.50. The molecule has 1 aliphatic heterocycles. The van der Waals surface area contributed by atoms with Crippen molar-refractivity contribution in [3.63, 3.8) is 0 Å². The van der Waals surface area contributed by atoms with E-state index >= 15 is 0 Å². The van der Waals surface area contributed by atoms with Crippen molar-refractivity contribution in [3.8, 4) is 0 Å². The Bertz CT molecular complexity index is 253. The van der Waals surface area contributed by atoms with Gasteiger partial charge in [-0.15, -0.1) is 0 Å². The van der Waals surface area contributed by atoms with Gasteiger partial charge < -0.3 is 20.1 Å². The van der Waals surface area contributed by atoms with Crippen molar-refractivity contribution in [2.24, 2.45) is 5.92 Å². The Morgan fingerprint density at radius 1 is 1.47 bits per heavy atom. The quantitative estimate of drug-likeness (QED) is 0.501. The number of aliphatic hydroxyl groups is 1. The van der Waals surface area contributed by atoms with Crippen molar-refractivity contribution in [3.05, 3.63) is 0 Å². The molecule has 5 nitrogen and oxygen atoms in total. The van der Waals surface area contributed by atoms with Gasteiger partial charge in [-0.25, -0.2) is 0 Å². The number of nitrogens with one attached hydrogen (secondary N) is 1. The summed E-state index contributed by atoms with van der Waals surface area (Å²) in [5.74, 6) is 0.470. The Morgan fingerprint density at radius 2 is 2.16 bits per heavy atom. The first-order valence-corrected chi connectivity index (χ1v) is 7.34. The molecule has 0 saturated carbocycles. The number of aliphatic hydroxyl groups excluding tert-OH is 1. The molecule has 1 rings (SSSR count). The minimum Gasteiger partial charge on any atom is -0.466 e. The molecule has 1 atom stereocenters. The number of hydrogen-bond acceptors (Lipinski definition) is 5. The van der Waals surface area contributed by atoms with Crippen LogP contribution in [0.1, 0.15) is 32.6 Å². The van der Waals surface area contributed by atoms with Crippen molar-refractivity contribution in [1.82, 2.24) is 10.2 Å². The molecule has 5 heteroatoms. The van der Waals surface area contributed by atoms with E-state index in [0.29, 0.717) is 13.2 Å². The average molecular weight is 272 g/mol. The van der Waals surface area contributed by atoms with Gasteiger partial charge in [-0.3, -0.25) is 4.79 Å². The lowest BCUT2D eigenvalue weighted by atomic mass is 9.94. The monoisotopic (exact) mass is 272 g/mol. The Balaban J connectivity index is 1.99. The topological polar surface area (TPSA) is 61.8 Å². The van der Waals surface area contributed by atoms with E-state index in [0.717, 1.165) is 18.9 Å². The molecule has 19 heavy (non-hydrogen) atoms. The van der Waals surface area contributed by atoms with Crippen LogP contribution >= 0.6 is 0 Å². The van der Waals surface area contributed by atoms with Gasteiger partial charge in [-0.05, 0) is 58.8 Å². The molecule has 0 aromatic carbocycles. The zero-order valence-corrected chi connectivity index (χ0v) is 12.2. The first-order chi connectivity index (χ1) is 9.11. The fraction of sp³-hybridized carbons (Fsp3) is 0.929. The van der Waals surface area contributed by atoms with E-state index in [9.17, 15) is 9.90 Å². The summed E-state index contributed by atoms with van der Waals surface area (Å²) in [6.07, 6.45) is 3.12. The third-order valence-corrected chi connectivity index (χ3v) is 3.66. The molecule has 1 saturated heterocycles. The highest BCUT2D eigenvalue weighted by Crippen LogP contribution is 2.18. The molecule has 0 radical (unpaired) electrons. The molecule has 0 aromatic rings. The molecule has 0 bridgehead atoms. The summed E-state index contributed by atoms with van der Waals surface area (Å²) < 4.78 is 4.79. The zero-order chi connectivity index (χ0) is 14.1. The van der Waals surface area contributed by atoms with E-state index in [-0.39, 0.29) is 12.4 Å². The molecule has 0 aliphatic carbocycles. The smallest absolute Gasteiger partial charge is 0.308 e. The maximum Gasteiger partial charge on any atom is 0.308 e. The van der Waals surface area contributed by atoms with E-state index in [1.54, 1.807) is 6.92 Å². The molecule has 0 aromatic heterocycles. The number of carbonyl (C=O) groups is 1. The van der Waals surface area contributed by atoms with Gasteiger partial charge in [-0.1, -0.05) is 0 Å². The average Bonchev–Trinajstić information content (AvgIpc) is 2.37. The van der Waals surface area contributed by atoms with Crippen LogP contribution < -0.4 is 5.32 Å². The number of nitrogens with zero attached hydrogens (tertiary/aromatic N) is 1. The summed E-state index contributed by atoms with van der Waals surface area (Å²) in [6.45, 7) is 5.89. The number of ether oxygens (including phenoxy) is 1. The van der Waals surface area contributed by atoms with Crippen LogP contribution in [-0.4, -0.2) is 61.9 Å². The lowest BCUT2D eigenvalue weighted by molar-refractivity contribution is -0.145. The third-order valence-electron chi connectivity index (χ3n) is 3.66. The number of hydrogen-bond donors (Lipinski definition) is 2. The van der Waals surface area contributed by atoms with Gasteiger partial charge in [0.2, 0.25) is 0 Å². The first kappa shape index (κ1) is 16.4. The summed E-state index contributed by atoms with van der Waals surface area (Å²) in [5, 5.41) is 12.9. The Morgan fingerprint density at radius 3 is 2.79 bits per heavy atom. The maximum absolute atomic E-state index is 11.1. The van der Waals surface area contributed by atoms with Crippen molar-refractivity contribution in [2.45, 2.75) is 38.7 Å². The van der Waals surface area contributed by atoms with Gasteiger partial charge >= 0.3 is 5.97 Å². The van der Waals surface area contributed by atoms with Crippen LogP contribution in [-0.2, 0) is 9.53 Å². The van der Waals surface area contributed by atoms with Crippen LogP contribution in [0.5, 0.6) is 0 Å². The Kier molecular flexibility index (Phi) is 8.02. The molecule has 0 amide bonds. The van der Waals surface area contributed by atoms with Crippen LogP contribution in [0.15, 0.2) is 0 Å².